The van der Waals surface area contributed by atoms with Crippen LogP contribution in [0.2, 0.25) is 0 Å². The van der Waals surface area contributed by atoms with Crippen molar-refractivity contribution in [3.8, 4) is 16.8 Å². The highest BCUT2D eigenvalue weighted by atomic mass is 32.1. The number of thiophene rings is 1. The highest BCUT2D eigenvalue weighted by Gasteiger charge is 2.22. The van der Waals surface area contributed by atoms with E-state index in [2.05, 4.69) is 168 Å². The molecule has 0 radical (unpaired) electrons. The van der Waals surface area contributed by atoms with Crippen LogP contribution in [0.1, 0.15) is 29.0 Å². The van der Waals surface area contributed by atoms with Gasteiger partial charge in [-0.25, -0.2) is 0 Å². The zero-order valence-corrected chi connectivity index (χ0v) is 31.4. The fourth-order valence-electron chi connectivity index (χ4n) is 8.79. The van der Waals surface area contributed by atoms with E-state index in [1.165, 1.54) is 47.7 Å². The molecule has 8 aromatic carbocycles. The van der Waals surface area contributed by atoms with Crippen LogP contribution < -0.4 is 5.32 Å². The number of fused-ring (bicyclic) bond motifs is 9. The van der Waals surface area contributed by atoms with Gasteiger partial charge in [0.25, 0.3) is 0 Å². The normalized spacial score (nSPS) is 15.9. The van der Waals surface area contributed by atoms with Crippen LogP contribution in [0.15, 0.2) is 191 Å². The highest BCUT2D eigenvalue weighted by molar-refractivity contribution is 7.26. The molecule has 0 aliphatic carbocycles. The summed E-state index contributed by atoms with van der Waals surface area (Å²) in [5.41, 5.74) is 10.8. The molecule has 0 spiro atoms. The van der Waals surface area contributed by atoms with E-state index in [0.717, 1.165) is 55.6 Å². The number of nitrogens with one attached hydrogen (secondary N) is 1. The van der Waals surface area contributed by atoms with Crippen molar-refractivity contribution in [2.24, 2.45) is 4.99 Å². The summed E-state index contributed by atoms with van der Waals surface area (Å²) in [7, 11) is 0. The Morgan fingerprint density at radius 2 is 1.23 bits per heavy atom. The van der Waals surface area contributed by atoms with Gasteiger partial charge in [-0.05, 0) is 76.3 Å². The third kappa shape index (κ3) is 5.15. The first-order valence-corrected chi connectivity index (χ1v) is 20.1. The van der Waals surface area contributed by atoms with E-state index in [1.54, 1.807) is 0 Å². The zero-order chi connectivity index (χ0) is 37.5. The summed E-state index contributed by atoms with van der Waals surface area (Å²) in [5.74, 6) is 0.735. The highest BCUT2D eigenvalue weighted by Crippen LogP contribution is 2.44. The van der Waals surface area contributed by atoms with Crippen LogP contribution in [0.3, 0.4) is 0 Å². The molecule has 11 aromatic rings. The van der Waals surface area contributed by atoms with Gasteiger partial charge < -0.3 is 24.6 Å². The predicted molar refractivity (Wildman–Crippen MR) is 238 cm³/mol. The second-order valence-electron chi connectivity index (χ2n) is 14.7. The minimum absolute atomic E-state index is 0.245. The maximum atomic E-state index is 6.64. The molecule has 3 aromatic heterocycles. The third-order valence-corrected chi connectivity index (χ3v) is 12.6. The molecule has 1 aliphatic heterocycles. The van der Waals surface area contributed by atoms with E-state index in [0.29, 0.717) is 0 Å². The third-order valence-electron chi connectivity index (χ3n) is 11.4. The van der Waals surface area contributed by atoms with Gasteiger partial charge in [0.1, 0.15) is 11.2 Å². The zero-order valence-electron chi connectivity index (χ0n) is 30.6. The second kappa shape index (κ2) is 12.8. The SMILES string of the molecule is c1ccc(C2=NC(c3cccc4oc5cc(-c6ccc7sc8c(-n9c%10ccccc%10c%10ccccc%109)cccc8c7c6)ccc5c34)NC(c3ccccc3)[N-]2)cc1. The van der Waals surface area contributed by atoms with E-state index in [1.807, 2.05) is 35.6 Å². The topological polar surface area (TPSA) is 56.6 Å². The summed E-state index contributed by atoms with van der Waals surface area (Å²) in [6.07, 6.45) is -0.570. The number of hydrogen-bond donors (Lipinski definition) is 1. The van der Waals surface area contributed by atoms with E-state index in [4.69, 9.17) is 14.7 Å². The average Bonchev–Trinajstić information content (AvgIpc) is 3.96. The molecule has 0 saturated heterocycles. The van der Waals surface area contributed by atoms with Crippen LogP contribution >= 0.6 is 11.3 Å². The molecule has 2 atom stereocenters. The Morgan fingerprint density at radius 1 is 0.544 bits per heavy atom. The smallest absolute Gasteiger partial charge is 0.136 e. The number of aliphatic imine (C=N–C) groups is 1. The van der Waals surface area contributed by atoms with Crippen molar-refractivity contribution in [1.82, 2.24) is 9.88 Å². The Kier molecular flexibility index (Phi) is 7.24. The second-order valence-corrected chi connectivity index (χ2v) is 15.8. The molecule has 0 fully saturated rings. The van der Waals surface area contributed by atoms with Crippen LogP contribution in [0.25, 0.3) is 86.0 Å². The first-order chi connectivity index (χ1) is 28.2. The van der Waals surface area contributed by atoms with Crippen LogP contribution in [0, 0.1) is 0 Å². The lowest BCUT2D eigenvalue weighted by Crippen LogP contribution is -2.31. The molecule has 1 N–H and O–H groups in total. The van der Waals surface area contributed by atoms with Crippen LogP contribution in [-0.2, 0) is 0 Å². The van der Waals surface area contributed by atoms with Crippen molar-refractivity contribution < 1.29 is 4.42 Å². The number of rotatable bonds is 5. The lowest BCUT2D eigenvalue weighted by Gasteiger charge is -2.40. The Bertz CT molecular complexity index is 3320. The summed E-state index contributed by atoms with van der Waals surface area (Å²) >= 11 is 1.86. The molecule has 6 heteroatoms. The molecule has 57 heavy (non-hydrogen) atoms. The molecule has 4 heterocycles. The maximum Gasteiger partial charge on any atom is 0.136 e. The van der Waals surface area contributed by atoms with Crippen molar-refractivity contribution in [3.05, 3.63) is 204 Å². The van der Waals surface area contributed by atoms with Gasteiger partial charge in [0.15, 0.2) is 0 Å². The molecule has 0 amide bonds. The van der Waals surface area contributed by atoms with Gasteiger partial charge in [-0.3, -0.25) is 0 Å². The van der Waals surface area contributed by atoms with Gasteiger partial charge in [0.2, 0.25) is 0 Å². The van der Waals surface area contributed by atoms with E-state index >= 15 is 0 Å². The first kappa shape index (κ1) is 32.3. The number of aromatic nitrogens is 1. The van der Waals surface area contributed by atoms with Gasteiger partial charge in [-0.1, -0.05) is 139 Å². The largest absolute Gasteiger partial charge is 0.456 e. The Hall–Kier alpha value is -6.99. The fraction of sp³-hybridized carbons (Fsp3) is 0.0392. The van der Waals surface area contributed by atoms with Crippen LogP contribution in [0.4, 0.5) is 0 Å². The quantitative estimate of drug-likeness (QED) is 0.190. The van der Waals surface area contributed by atoms with Crippen LogP contribution in [-0.4, -0.2) is 10.4 Å². The molecular formula is C51H33N4OS-. The van der Waals surface area contributed by atoms with Crippen molar-refractivity contribution in [1.29, 1.82) is 0 Å². The summed E-state index contributed by atoms with van der Waals surface area (Å²) in [6.45, 7) is 0. The predicted octanol–water partition coefficient (Wildman–Crippen LogP) is 13.8. The number of nitrogens with zero attached hydrogens (tertiary/aromatic N) is 3. The van der Waals surface area contributed by atoms with Gasteiger partial charge in [0, 0.05) is 49.3 Å². The van der Waals surface area contributed by atoms with Crippen molar-refractivity contribution in [2.75, 3.05) is 0 Å². The molecule has 1 aliphatic rings. The number of hydrogen-bond acceptors (Lipinski definition) is 4. The summed E-state index contributed by atoms with van der Waals surface area (Å²) < 4.78 is 11.6. The van der Waals surface area contributed by atoms with Crippen molar-refractivity contribution in [3.63, 3.8) is 0 Å². The molecule has 0 bridgehead atoms. The minimum atomic E-state index is -0.325. The van der Waals surface area contributed by atoms with Gasteiger partial charge in [-0.15, -0.1) is 11.3 Å². The number of benzene rings is 8. The van der Waals surface area contributed by atoms with E-state index in [9.17, 15) is 0 Å². The average molecular weight is 750 g/mol. The monoisotopic (exact) mass is 749 g/mol. The summed E-state index contributed by atoms with van der Waals surface area (Å²) in [6, 6.07) is 64.5. The maximum absolute atomic E-state index is 6.64. The van der Waals surface area contributed by atoms with E-state index in [-0.39, 0.29) is 12.3 Å². The summed E-state index contributed by atoms with van der Waals surface area (Å²) in [4.78, 5) is 5.20. The standard InChI is InChI=1S/C51H33N4OS/c1-3-13-31(14-4-1)49-52-50(32-15-5-2-6-16-32)54-51(53-49)39-20-12-24-44-47(39)38-27-25-34(30-45(38)56-44)33-26-28-46-40(29-33)37-19-11-23-43(48(37)57-46)55-41-21-9-7-17-35(41)36-18-8-10-22-42(36)55/h1-30,49,51,53H/q-1. The van der Waals surface area contributed by atoms with Gasteiger partial charge in [0.05, 0.1) is 21.4 Å². The molecule has 2 unspecified atom stereocenters. The van der Waals surface area contributed by atoms with Gasteiger partial charge in [-0.2, -0.15) is 0 Å². The molecular weight excluding hydrogens is 717 g/mol. The minimum Gasteiger partial charge on any atom is -0.456 e. The Balaban J connectivity index is 0.959. The molecule has 5 nitrogen and oxygen atoms in total. The molecule has 12 rings (SSSR count). The molecule has 270 valence electrons. The molecule has 0 saturated carbocycles. The Labute approximate surface area is 332 Å². The number of amidine groups is 1. The van der Waals surface area contributed by atoms with E-state index < -0.39 is 0 Å². The lowest BCUT2D eigenvalue weighted by atomic mass is 9.99. The fourth-order valence-corrected chi connectivity index (χ4v) is 9.97. The summed E-state index contributed by atoms with van der Waals surface area (Å²) in [5, 5.41) is 16.0. The van der Waals surface area contributed by atoms with Crippen molar-refractivity contribution in [2.45, 2.75) is 12.3 Å². The lowest BCUT2D eigenvalue weighted by molar-refractivity contribution is 0.491. The first-order valence-electron chi connectivity index (χ1n) is 19.3. The number of furan rings is 1. The number of para-hydroxylation sites is 2. The van der Waals surface area contributed by atoms with Crippen molar-refractivity contribution >= 4 is 81.1 Å². The van der Waals surface area contributed by atoms with Gasteiger partial charge >= 0.3 is 0 Å². The Morgan fingerprint density at radius 3 is 2.04 bits per heavy atom. The van der Waals surface area contributed by atoms with Crippen LogP contribution in [0.5, 0.6) is 0 Å².